The Hall–Kier alpha value is -1.65. The van der Waals surface area contributed by atoms with Gasteiger partial charge in [-0.2, -0.15) is 0 Å². The van der Waals surface area contributed by atoms with Crippen LogP contribution in [0.1, 0.15) is 11.4 Å². The van der Waals surface area contributed by atoms with Gasteiger partial charge < -0.3 is 0 Å². The Morgan fingerprint density at radius 3 is 2.81 bits per heavy atom. The number of halogens is 3. The summed E-state index contributed by atoms with van der Waals surface area (Å²) in [6.45, 7) is 1.97. The molecule has 1 aromatic carbocycles. The molecule has 0 radical (unpaired) electrons. The van der Waals surface area contributed by atoms with Crippen LogP contribution in [0.5, 0.6) is 0 Å². The van der Waals surface area contributed by atoms with Gasteiger partial charge in [-0.15, -0.1) is 11.6 Å². The molecule has 3 aromatic rings. The van der Waals surface area contributed by atoms with Gasteiger partial charge >= 0.3 is 0 Å². The van der Waals surface area contributed by atoms with E-state index in [2.05, 4.69) is 9.97 Å². The number of fused-ring (bicyclic) bond motifs is 1. The quantitative estimate of drug-likeness (QED) is 0.673. The predicted octanol–water partition coefficient (Wildman–Crippen LogP) is 4.30. The van der Waals surface area contributed by atoms with E-state index >= 15 is 0 Å². The van der Waals surface area contributed by atoms with Crippen LogP contribution in [0.25, 0.3) is 16.9 Å². The molecule has 0 saturated heterocycles. The van der Waals surface area contributed by atoms with Crippen LogP contribution in [0.15, 0.2) is 30.5 Å². The molecule has 0 atom stereocenters. The summed E-state index contributed by atoms with van der Waals surface area (Å²) in [7, 11) is 0. The van der Waals surface area contributed by atoms with Crippen molar-refractivity contribution >= 4 is 34.4 Å². The number of alkyl halides is 1. The topological polar surface area (TPSA) is 30.7 Å². The summed E-state index contributed by atoms with van der Waals surface area (Å²) in [6, 6.07) is 6.55. The van der Waals surface area contributed by atoms with Crippen LogP contribution in [0, 0.1) is 12.7 Å². The van der Waals surface area contributed by atoms with Gasteiger partial charge in [0, 0.05) is 18.5 Å². The maximum atomic E-state index is 13.8. The summed E-state index contributed by atoms with van der Waals surface area (Å²) >= 11 is 11.6. The molecule has 0 aliphatic carbocycles. The molecule has 21 heavy (non-hydrogen) atoms. The van der Waals surface area contributed by atoms with Crippen molar-refractivity contribution in [2.24, 2.45) is 0 Å². The molecular formula is C15H12Cl2FN3. The van der Waals surface area contributed by atoms with Crippen molar-refractivity contribution in [2.75, 3.05) is 5.88 Å². The van der Waals surface area contributed by atoms with E-state index in [9.17, 15) is 4.39 Å². The first-order valence-corrected chi connectivity index (χ1v) is 7.37. The van der Waals surface area contributed by atoms with Crippen molar-refractivity contribution in [2.45, 2.75) is 13.3 Å². The molecule has 0 fully saturated rings. The van der Waals surface area contributed by atoms with E-state index in [-0.39, 0.29) is 5.02 Å². The first kappa shape index (κ1) is 14.3. The number of benzene rings is 1. The fourth-order valence-corrected chi connectivity index (χ4v) is 2.57. The second kappa shape index (κ2) is 5.62. The smallest absolute Gasteiger partial charge is 0.164 e. The number of pyridine rings is 1. The van der Waals surface area contributed by atoms with Gasteiger partial charge in [-0.3, -0.25) is 4.57 Å². The summed E-state index contributed by atoms with van der Waals surface area (Å²) in [5.41, 5.74) is 3.14. The van der Waals surface area contributed by atoms with Crippen LogP contribution >= 0.6 is 23.2 Å². The van der Waals surface area contributed by atoms with Crippen LogP contribution in [-0.2, 0) is 6.42 Å². The molecule has 0 amide bonds. The fraction of sp³-hybridized carbons (Fsp3) is 0.200. The van der Waals surface area contributed by atoms with Crippen LogP contribution in [0.2, 0.25) is 5.02 Å². The summed E-state index contributed by atoms with van der Waals surface area (Å²) in [5.74, 6) is 0.711. The fourth-order valence-electron chi connectivity index (χ4n) is 2.29. The van der Waals surface area contributed by atoms with Crippen molar-refractivity contribution in [3.05, 3.63) is 52.7 Å². The molecule has 0 aliphatic heterocycles. The summed E-state index contributed by atoms with van der Waals surface area (Å²) in [5, 5.41) is 0.0891. The van der Waals surface area contributed by atoms with Crippen molar-refractivity contribution in [3.63, 3.8) is 0 Å². The molecule has 6 heteroatoms. The van der Waals surface area contributed by atoms with Gasteiger partial charge in [0.1, 0.15) is 17.2 Å². The third-order valence-electron chi connectivity index (χ3n) is 3.30. The highest BCUT2D eigenvalue weighted by Crippen LogP contribution is 2.25. The molecule has 3 nitrogen and oxygen atoms in total. The van der Waals surface area contributed by atoms with Gasteiger partial charge in [0.2, 0.25) is 0 Å². The molecule has 3 rings (SSSR count). The second-order valence-corrected chi connectivity index (χ2v) is 5.49. The maximum Gasteiger partial charge on any atom is 0.164 e. The van der Waals surface area contributed by atoms with Gasteiger partial charge in [0.05, 0.1) is 10.7 Å². The average molecular weight is 324 g/mol. The average Bonchev–Trinajstić information content (AvgIpc) is 2.82. The number of rotatable bonds is 3. The number of hydrogen-bond acceptors (Lipinski definition) is 2. The van der Waals surface area contributed by atoms with E-state index in [0.717, 1.165) is 16.9 Å². The normalized spacial score (nSPS) is 11.2. The first-order chi connectivity index (χ1) is 10.1. The Bertz CT molecular complexity index is 814. The highest BCUT2D eigenvalue weighted by atomic mass is 35.5. The van der Waals surface area contributed by atoms with Gasteiger partial charge in [0.15, 0.2) is 5.65 Å². The lowest BCUT2D eigenvalue weighted by Crippen LogP contribution is -2.03. The molecule has 0 spiro atoms. The molecule has 0 aliphatic rings. The largest absolute Gasteiger partial charge is 0.281 e. The molecular weight excluding hydrogens is 312 g/mol. The molecule has 108 valence electrons. The number of aryl methyl sites for hydroxylation is 2. The van der Waals surface area contributed by atoms with E-state index in [1.807, 2.05) is 17.6 Å². The number of nitrogens with zero attached hydrogens (tertiary/aromatic N) is 3. The third kappa shape index (κ3) is 2.49. The van der Waals surface area contributed by atoms with Gasteiger partial charge in [-0.25, -0.2) is 14.4 Å². The zero-order valence-corrected chi connectivity index (χ0v) is 12.8. The SMILES string of the molecule is Cc1ccnc2c1nc(CCCl)n2-c1ccc(Cl)c(F)c1. The highest BCUT2D eigenvalue weighted by Gasteiger charge is 2.15. The standard InChI is InChI=1S/C15H12Cl2FN3/c1-9-5-7-19-15-14(9)20-13(4-6-16)21(15)10-2-3-11(17)12(18)8-10/h2-3,5,7-8H,4,6H2,1H3. The third-order valence-corrected chi connectivity index (χ3v) is 3.79. The lowest BCUT2D eigenvalue weighted by molar-refractivity contribution is 0.627. The minimum absolute atomic E-state index is 0.0891. The lowest BCUT2D eigenvalue weighted by Gasteiger charge is -2.08. The molecule has 0 unspecified atom stereocenters. The van der Waals surface area contributed by atoms with Crippen LogP contribution in [0.3, 0.4) is 0 Å². The lowest BCUT2D eigenvalue weighted by atomic mass is 10.2. The second-order valence-electron chi connectivity index (χ2n) is 4.70. The predicted molar refractivity (Wildman–Crippen MR) is 83.0 cm³/mol. The number of imidazole rings is 1. The zero-order valence-electron chi connectivity index (χ0n) is 11.3. The van der Waals surface area contributed by atoms with Gasteiger partial charge in [0.25, 0.3) is 0 Å². The van der Waals surface area contributed by atoms with Gasteiger partial charge in [-0.05, 0) is 36.8 Å². The van der Waals surface area contributed by atoms with E-state index in [1.165, 1.54) is 12.1 Å². The molecule has 2 heterocycles. The van der Waals surface area contributed by atoms with Crippen LogP contribution in [0.4, 0.5) is 4.39 Å². The van der Waals surface area contributed by atoms with Crippen molar-refractivity contribution < 1.29 is 4.39 Å². The summed E-state index contributed by atoms with van der Waals surface area (Å²) < 4.78 is 15.6. The Balaban J connectivity index is 2.30. The Morgan fingerprint density at radius 1 is 1.29 bits per heavy atom. The summed E-state index contributed by atoms with van der Waals surface area (Å²) in [4.78, 5) is 8.97. The Kier molecular flexibility index (Phi) is 3.83. The van der Waals surface area contributed by atoms with E-state index in [1.54, 1.807) is 12.3 Å². The minimum atomic E-state index is -0.472. The summed E-state index contributed by atoms with van der Waals surface area (Å²) in [6.07, 6.45) is 2.29. The van der Waals surface area contributed by atoms with Crippen LogP contribution in [-0.4, -0.2) is 20.4 Å². The van der Waals surface area contributed by atoms with Crippen molar-refractivity contribution in [1.82, 2.24) is 14.5 Å². The van der Waals surface area contributed by atoms with E-state index in [0.29, 0.717) is 23.6 Å². The number of hydrogen-bond donors (Lipinski definition) is 0. The van der Waals surface area contributed by atoms with E-state index in [4.69, 9.17) is 23.2 Å². The molecule has 0 saturated carbocycles. The molecule has 2 aromatic heterocycles. The Labute approximate surface area is 131 Å². The molecule has 0 bridgehead atoms. The highest BCUT2D eigenvalue weighted by molar-refractivity contribution is 6.30. The van der Waals surface area contributed by atoms with E-state index < -0.39 is 5.82 Å². The van der Waals surface area contributed by atoms with Crippen molar-refractivity contribution in [3.8, 4) is 5.69 Å². The van der Waals surface area contributed by atoms with Crippen molar-refractivity contribution in [1.29, 1.82) is 0 Å². The Morgan fingerprint density at radius 2 is 2.10 bits per heavy atom. The van der Waals surface area contributed by atoms with Gasteiger partial charge in [-0.1, -0.05) is 11.6 Å². The first-order valence-electron chi connectivity index (χ1n) is 6.46. The maximum absolute atomic E-state index is 13.8. The van der Waals surface area contributed by atoms with Crippen LogP contribution < -0.4 is 0 Å². The zero-order chi connectivity index (χ0) is 15.0. The monoisotopic (exact) mass is 323 g/mol. The number of aromatic nitrogens is 3. The molecule has 0 N–H and O–H groups in total. The minimum Gasteiger partial charge on any atom is -0.281 e.